The van der Waals surface area contributed by atoms with Crippen molar-refractivity contribution >= 4 is 5.71 Å². The van der Waals surface area contributed by atoms with Crippen LogP contribution in [-0.4, -0.2) is 25.8 Å². The van der Waals surface area contributed by atoms with E-state index in [4.69, 9.17) is 0 Å². The summed E-state index contributed by atoms with van der Waals surface area (Å²) in [6.45, 7) is 4.41. The fourth-order valence-electron chi connectivity index (χ4n) is 1.51. The van der Waals surface area contributed by atoms with E-state index in [-0.39, 0.29) is 0 Å². The molecule has 10 heavy (non-hydrogen) atoms. The summed E-state index contributed by atoms with van der Waals surface area (Å²) in [6.07, 6.45) is 2.51. The van der Waals surface area contributed by atoms with E-state index in [1.807, 2.05) is 7.05 Å². The maximum absolute atomic E-state index is 4.25. The van der Waals surface area contributed by atoms with Crippen LogP contribution in [0, 0.1) is 5.92 Å². The first kappa shape index (κ1) is 7.73. The third kappa shape index (κ3) is 1.57. The quantitative estimate of drug-likeness (QED) is 0.579. The molecule has 0 amide bonds. The van der Waals surface area contributed by atoms with Crippen LogP contribution in [0.2, 0.25) is 0 Å². The van der Waals surface area contributed by atoms with Crippen molar-refractivity contribution in [1.29, 1.82) is 0 Å². The molecular weight excluding hydrogens is 124 g/mol. The van der Waals surface area contributed by atoms with Crippen LogP contribution in [-0.2, 0) is 0 Å². The summed E-state index contributed by atoms with van der Waals surface area (Å²) in [5.41, 5.74) is 1.36. The average Bonchev–Trinajstić information content (AvgIpc) is 2.04. The van der Waals surface area contributed by atoms with Gasteiger partial charge in [-0.3, -0.25) is 4.99 Å². The van der Waals surface area contributed by atoms with Crippen molar-refractivity contribution in [2.75, 3.05) is 20.1 Å². The highest BCUT2D eigenvalue weighted by Crippen LogP contribution is 2.12. The first-order valence-electron chi connectivity index (χ1n) is 4.04. The molecule has 1 fully saturated rings. The van der Waals surface area contributed by atoms with Gasteiger partial charge in [0.25, 0.3) is 0 Å². The van der Waals surface area contributed by atoms with Gasteiger partial charge < -0.3 is 5.32 Å². The lowest BCUT2D eigenvalue weighted by molar-refractivity contribution is 0.526. The van der Waals surface area contributed by atoms with E-state index in [1.165, 1.54) is 18.6 Å². The maximum atomic E-state index is 4.25. The molecule has 1 N–H and O–H groups in total. The summed E-state index contributed by atoms with van der Waals surface area (Å²) in [7, 11) is 1.89. The number of hydrogen-bond donors (Lipinski definition) is 1. The van der Waals surface area contributed by atoms with Gasteiger partial charge in [0.1, 0.15) is 0 Å². The Bertz CT molecular complexity index is 129. The fourth-order valence-corrected chi connectivity index (χ4v) is 1.51. The highest BCUT2D eigenvalue weighted by atomic mass is 14.9. The molecule has 1 atom stereocenters. The van der Waals surface area contributed by atoms with Crippen LogP contribution in [0.25, 0.3) is 0 Å². The normalized spacial score (nSPS) is 31.0. The van der Waals surface area contributed by atoms with Crippen LogP contribution >= 0.6 is 0 Å². The Morgan fingerprint density at radius 2 is 2.50 bits per heavy atom. The minimum Gasteiger partial charge on any atom is -0.311 e. The summed E-state index contributed by atoms with van der Waals surface area (Å²) in [5, 5.41) is 3.32. The van der Waals surface area contributed by atoms with Crippen molar-refractivity contribution in [3.63, 3.8) is 0 Å². The molecule has 1 unspecified atom stereocenters. The van der Waals surface area contributed by atoms with Crippen LogP contribution in [0.15, 0.2) is 4.99 Å². The highest BCUT2D eigenvalue weighted by Gasteiger charge is 2.16. The first-order valence-corrected chi connectivity index (χ1v) is 4.04. The molecule has 1 aliphatic rings. The summed E-state index contributed by atoms with van der Waals surface area (Å²) in [6, 6.07) is 0. The lowest BCUT2D eigenvalue weighted by Gasteiger charge is -2.23. The Kier molecular flexibility index (Phi) is 2.87. The molecule has 2 nitrogen and oxygen atoms in total. The zero-order valence-corrected chi connectivity index (χ0v) is 6.85. The lowest BCUT2D eigenvalue weighted by Crippen LogP contribution is -2.36. The highest BCUT2D eigenvalue weighted by molar-refractivity contribution is 5.89. The zero-order chi connectivity index (χ0) is 7.40. The van der Waals surface area contributed by atoms with Crippen LogP contribution in [0.1, 0.15) is 19.8 Å². The van der Waals surface area contributed by atoms with Crippen LogP contribution in [0.4, 0.5) is 0 Å². The third-order valence-electron chi connectivity index (χ3n) is 2.23. The molecule has 58 valence electrons. The van der Waals surface area contributed by atoms with E-state index in [1.54, 1.807) is 0 Å². The minimum absolute atomic E-state index is 0.756. The van der Waals surface area contributed by atoms with E-state index in [2.05, 4.69) is 17.2 Å². The molecule has 0 radical (unpaired) electrons. The maximum Gasteiger partial charge on any atom is 0.0338 e. The Balaban J connectivity index is 2.50. The van der Waals surface area contributed by atoms with Gasteiger partial charge in [0.15, 0.2) is 0 Å². The van der Waals surface area contributed by atoms with Crippen molar-refractivity contribution in [3.8, 4) is 0 Å². The molecule has 2 heteroatoms. The second-order valence-electron chi connectivity index (χ2n) is 2.79. The SMILES string of the molecule is CCC1CCNCC1=NC. The van der Waals surface area contributed by atoms with Crippen LogP contribution in [0.5, 0.6) is 0 Å². The Morgan fingerprint density at radius 3 is 3.00 bits per heavy atom. The molecule has 0 aromatic rings. The second-order valence-corrected chi connectivity index (χ2v) is 2.79. The molecular formula is C8H16N2. The van der Waals surface area contributed by atoms with Crippen LogP contribution in [0.3, 0.4) is 0 Å². The van der Waals surface area contributed by atoms with E-state index >= 15 is 0 Å². The predicted octanol–water partition coefficient (Wildman–Crippen LogP) is 1.08. The van der Waals surface area contributed by atoms with Crippen molar-refractivity contribution < 1.29 is 0 Å². The van der Waals surface area contributed by atoms with Gasteiger partial charge >= 0.3 is 0 Å². The molecule has 0 aromatic carbocycles. The van der Waals surface area contributed by atoms with E-state index < -0.39 is 0 Å². The Labute approximate surface area is 62.7 Å². The van der Waals surface area contributed by atoms with Crippen molar-refractivity contribution in [2.45, 2.75) is 19.8 Å². The fraction of sp³-hybridized carbons (Fsp3) is 0.875. The van der Waals surface area contributed by atoms with Crippen molar-refractivity contribution in [2.24, 2.45) is 10.9 Å². The molecule has 0 saturated carbocycles. The number of aliphatic imine (C=N–C) groups is 1. The molecule has 0 spiro atoms. The number of nitrogens with one attached hydrogen (secondary N) is 1. The number of piperidine rings is 1. The minimum atomic E-state index is 0.756. The van der Waals surface area contributed by atoms with Gasteiger partial charge in [0.2, 0.25) is 0 Å². The van der Waals surface area contributed by atoms with Gasteiger partial charge in [-0.05, 0) is 25.3 Å². The van der Waals surface area contributed by atoms with Crippen LogP contribution < -0.4 is 5.32 Å². The summed E-state index contributed by atoms with van der Waals surface area (Å²) in [4.78, 5) is 4.25. The molecule has 0 aliphatic carbocycles. The largest absolute Gasteiger partial charge is 0.311 e. The lowest BCUT2D eigenvalue weighted by atomic mass is 9.93. The van der Waals surface area contributed by atoms with Gasteiger partial charge in [-0.25, -0.2) is 0 Å². The number of hydrogen-bond acceptors (Lipinski definition) is 2. The van der Waals surface area contributed by atoms with Gasteiger partial charge in [-0.2, -0.15) is 0 Å². The molecule has 1 rings (SSSR count). The van der Waals surface area contributed by atoms with E-state index in [0.29, 0.717) is 0 Å². The number of rotatable bonds is 1. The second kappa shape index (κ2) is 3.71. The number of nitrogens with zero attached hydrogens (tertiary/aromatic N) is 1. The Morgan fingerprint density at radius 1 is 1.70 bits per heavy atom. The molecule has 0 bridgehead atoms. The molecule has 1 heterocycles. The first-order chi connectivity index (χ1) is 4.88. The molecule has 1 saturated heterocycles. The van der Waals surface area contributed by atoms with Crippen molar-refractivity contribution in [1.82, 2.24) is 5.32 Å². The predicted molar refractivity (Wildman–Crippen MR) is 44.6 cm³/mol. The summed E-state index contributed by atoms with van der Waals surface area (Å²) >= 11 is 0. The topological polar surface area (TPSA) is 24.4 Å². The van der Waals surface area contributed by atoms with Gasteiger partial charge in [0.05, 0.1) is 0 Å². The Hall–Kier alpha value is -0.370. The standard InChI is InChI=1S/C8H16N2/c1-3-7-4-5-10-6-8(7)9-2/h7,10H,3-6H2,1-2H3. The molecule has 0 aromatic heterocycles. The van der Waals surface area contributed by atoms with E-state index in [9.17, 15) is 0 Å². The monoisotopic (exact) mass is 140 g/mol. The van der Waals surface area contributed by atoms with Gasteiger partial charge in [-0.15, -0.1) is 0 Å². The summed E-state index contributed by atoms with van der Waals surface area (Å²) in [5.74, 6) is 0.756. The van der Waals surface area contributed by atoms with E-state index in [0.717, 1.165) is 19.0 Å². The van der Waals surface area contributed by atoms with Gasteiger partial charge in [-0.1, -0.05) is 6.92 Å². The van der Waals surface area contributed by atoms with Gasteiger partial charge in [0, 0.05) is 19.3 Å². The average molecular weight is 140 g/mol. The third-order valence-corrected chi connectivity index (χ3v) is 2.23. The van der Waals surface area contributed by atoms with Crippen molar-refractivity contribution in [3.05, 3.63) is 0 Å². The molecule has 1 aliphatic heterocycles. The smallest absolute Gasteiger partial charge is 0.0338 e. The summed E-state index contributed by atoms with van der Waals surface area (Å²) < 4.78 is 0. The zero-order valence-electron chi connectivity index (χ0n) is 6.85.